The number of carbonyl (C=O) groups excluding carboxylic acids is 1. The molecule has 0 saturated heterocycles. The lowest BCUT2D eigenvalue weighted by atomic mass is 9.96. The SMILES string of the molecule is O=C(CNC1CC1)C1=CCCCC1. The maximum atomic E-state index is 11.6. The molecule has 2 nitrogen and oxygen atoms in total. The van der Waals surface area contributed by atoms with E-state index in [-0.39, 0.29) is 0 Å². The number of rotatable bonds is 4. The van der Waals surface area contributed by atoms with E-state index in [0.717, 1.165) is 18.4 Å². The van der Waals surface area contributed by atoms with Gasteiger partial charge in [0.15, 0.2) is 5.78 Å². The average Bonchev–Trinajstić information content (AvgIpc) is 2.99. The predicted molar refractivity (Wildman–Crippen MR) is 52.6 cm³/mol. The molecule has 0 atom stereocenters. The lowest BCUT2D eigenvalue weighted by Gasteiger charge is -2.11. The van der Waals surface area contributed by atoms with Crippen LogP contribution < -0.4 is 5.32 Å². The van der Waals surface area contributed by atoms with Crippen LogP contribution in [0.2, 0.25) is 0 Å². The van der Waals surface area contributed by atoms with E-state index in [1.165, 1.54) is 25.7 Å². The Labute approximate surface area is 79.4 Å². The minimum Gasteiger partial charge on any atom is -0.307 e. The molecule has 2 aliphatic carbocycles. The Morgan fingerprint density at radius 3 is 2.92 bits per heavy atom. The van der Waals surface area contributed by atoms with Crippen molar-refractivity contribution in [3.8, 4) is 0 Å². The molecule has 0 spiro atoms. The summed E-state index contributed by atoms with van der Waals surface area (Å²) < 4.78 is 0. The van der Waals surface area contributed by atoms with Gasteiger partial charge < -0.3 is 5.32 Å². The minimum absolute atomic E-state index is 0.326. The summed E-state index contributed by atoms with van der Waals surface area (Å²) >= 11 is 0. The van der Waals surface area contributed by atoms with E-state index in [0.29, 0.717) is 18.4 Å². The zero-order valence-electron chi connectivity index (χ0n) is 8.01. The fourth-order valence-electron chi connectivity index (χ4n) is 1.73. The molecule has 0 bridgehead atoms. The van der Waals surface area contributed by atoms with Crippen LogP contribution in [0.5, 0.6) is 0 Å². The first kappa shape index (κ1) is 8.95. The van der Waals surface area contributed by atoms with Gasteiger partial charge in [-0.3, -0.25) is 4.79 Å². The maximum Gasteiger partial charge on any atom is 0.172 e. The summed E-state index contributed by atoms with van der Waals surface area (Å²) in [6.45, 7) is 0.566. The predicted octanol–water partition coefficient (Wildman–Crippen LogP) is 1.81. The third-order valence-corrected chi connectivity index (χ3v) is 2.78. The average molecular weight is 179 g/mol. The molecule has 1 saturated carbocycles. The normalized spacial score (nSPS) is 22.6. The summed E-state index contributed by atoms with van der Waals surface area (Å²) in [6, 6.07) is 0.646. The molecular formula is C11H17NO. The number of nitrogens with one attached hydrogen (secondary N) is 1. The molecule has 0 aromatic rings. The molecule has 2 rings (SSSR count). The van der Waals surface area contributed by atoms with Gasteiger partial charge in [-0.25, -0.2) is 0 Å². The van der Waals surface area contributed by atoms with Gasteiger partial charge in [0.25, 0.3) is 0 Å². The molecule has 0 amide bonds. The Balaban J connectivity index is 1.77. The zero-order valence-corrected chi connectivity index (χ0v) is 8.01. The number of hydrogen-bond donors (Lipinski definition) is 1. The number of hydrogen-bond acceptors (Lipinski definition) is 2. The molecule has 0 unspecified atom stereocenters. The van der Waals surface area contributed by atoms with Crippen molar-refractivity contribution in [3.05, 3.63) is 11.6 Å². The molecule has 0 radical (unpaired) electrons. The first-order chi connectivity index (χ1) is 6.36. The van der Waals surface area contributed by atoms with Crippen LogP contribution >= 0.6 is 0 Å². The van der Waals surface area contributed by atoms with Crippen molar-refractivity contribution in [2.24, 2.45) is 0 Å². The zero-order chi connectivity index (χ0) is 9.10. The van der Waals surface area contributed by atoms with E-state index >= 15 is 0 Å². The van der Waals surface area contributed by atoms with Crippen LogP contribution in [0.1, 0.15) is 38.5 Å². The standard InChI is InChI=1S/C11H17NO/c13-11(8-12-10-6-7-10)9-4-2-1-3-5-9/h4,10,12H,1-3,5-8H2. The Morgan fingerprint density at radius 1 is 1.46 bits per heavy atom. The Morgan fingerprint density at radius 2 is 2.31 bits per heavy atom. The smallest absolute Gasteiger partial charge is 0.172 e. The monoisotopic (exact) mass is 179 g/mol. The Hall–Kier alpha value is -0.630. The van der Waals surface area contributed by atoms with Crippen molar-refractivity contribution in [2.45, 2.75) is 44.6 Å². The fourth-order valence-corrected chi connectivity index (χ4v) is 1.73. The maximum absolute atomic E-state index is 11.6. The summed E-state index contributed by atoms with van der Waals surface area (Å²) in [6.07, 6.45) is 9.20. The van der Waals surface area contributed by atoms with Crippen molar-refractivity contribution in [2.75, 3.05) is 6.54 Å². The molecule has 1 N–H and O–H groups in total. The minimum atomic E-state index is 0.326. The molecule has 13 heavy (non-hydrogen) atoms. The molecule has 0 aliphatic heterocycles. The van der Waals surface area contributed by atoms with Crippen molar-refractivity contribution < 1.29 is 4.79 Å². The molecule has 72 valence electrons. The third kappa shape index (κ3) is 2.66. The number of allylic oxidation sites excluding steroid dienone is 1. The van der Waals surface area contributed by atoms with Gasteiger partial charge in [-0.2, -0.15) is 0 Å². The summed E-state index contributed by atoms with van der Waals surface area (Å²) in [5.74, 6) is 0.326. The van der Waals surface area contributed by atoms with Crippen molar-refractivity contribution in [1.82, 2.24) is 5.32 Å². The molecular weight excluding hydrogens is 162 g/mol. The Bertz CT molecular complexity index is 228. The van der Waals surface area contributed by atoms with Crippen LogP contribution in [-0.4, -0.2) is 18.4 Å². The van der Waals surface area contributed by atoms with Crippen LogP contribution in [0.15, 0.2) is 11.6 Å². The van der Waals surface area contributed by atoms with Gasteiger partial charge >= 0.3 is 0 Å². The van der Waals surface area contributed by atoms with Gasteiger partial charge in [-0.15, -0.1) is 0 Å². The summed E-state index contributed by atoms with van der Waals surface area (Å²) in [5.41, 5.74) is 1.07. The van der Waals surface area contributed by atoms with Crippen LogP contribution in [0.4, 0.5) is 0 Å². The second-order valence-electron chi connectivity index (χ2n) is 4.05. The first-order valence-corrected chi connectivity index (χ1v) is 5.32. The molecule has 1 fully saturated rings. The number of Topliss-reactive ketones (excluding diaryl/α,β-unsaturated/α-hetero) is 1. The molecule has 0 aromatic carbocycles. The van der Waals surface area contributed by atoms with Crippen LogP contribution in [0.3, 0.4) is 0 Å². The first-order valence-electron chi connectivity index (χ1n) is 5.32. The fraction of sp³-hybridized carbons (Fsp3) is 0.727. The largest absolute Gasteiger partial charge is 0.307 e. The highest BCUT2D eigenvalue weighted by Gasteiger charge is 2.22. The van der Waals surface area contributed by atoms with E-state index < -0.39 is 0 Å². The quantitative estimate of drug-likeness (QED) is 0.713. The topological polar surface area (TPSA) is 29.1 Å². The van der Waals surface area contributed by atoms with Crippen LogP contribution in [0.25, 0.3) is 0 Å². The van der Waals surface area contributed by atoms with E-state index in [1.54, 1.807) is 0 Å². The van der Waals surface area contributed by atoms with Crippen molar-refractivity contribution in [3.63, 3.8) is 0 Å². The third-order valence-electron chi connectivity index (χ3n) is 2.78. The lowest BCUT2D eigenvalue weighted by molar-refractivity contribution is -0.115. The van der Waals surface area contributed by atoms with Gasteiger partial charge in [0, 0.05) is 6.04 Å². The van der Waals surface area contributed by atoms with Gasteiger partial charge in [0.2, 0.25) is 0 Å². The second-order valence-corrected chi connectivity index (χ2v) is 4.05. The summed E-state index contributed by atoms with van der Waals surface area (Å²) in [5, 5.41) is 3.26. The van der Waals surface area contributed by atoms with E-state index in [4.69, 9.17) is 0 Å². The molecule has 2 aliphatic rings. The van der Waals surface area contributed by atoms with E-state index in [1.807, 2.05) is 0 Å². The second kappa shape index (κ2) is 4.05. The molecule has 0 heterocycles. The summed E-state index contributed by atoms with van der Waals surface area (Å²) in [4.78, 5) is 11.6. The van der Waals surface area contributed by atoms with Crippen molar-refractivity contribution in [1.29, 1.82) is 0 Å². The van der Waals surface area contributed by atoms with E-state index in [2.05, 4.69) is 11.4 Å². The Kier molecular flexibility index (Phi) is 2.79. The van der Waals surface area contributed by atoms with E-state index in [9.17, 15) is 4.79 Å². The van der Waals surface area contributed by atoms with Gasteiger partial charge in [0.1, 0.15) is 0 Å². The van der Waals surface area contributed by atoms with Gasteiger partial charge in [-0.1, -0.05) is 6.08 Å². The highest BCUT2D eigenvalue weighted by Crippen LogP contribution is 2.20. The van der Waals surface area contributed by atoms with Gasteiger partial charge in [0.05, 0.1) is 6.54 Å². The van der Waals surface area contributed by atoms with Crippen molar-refractivity contribution >= 4 is 5.78 Å². The lowest BCUT2D eigenvalue weighted by Crippen LogP contribution is -2.26. The highest BCUT2D eigenvalue weighted by atomic mass is 16.1. The summed E-state index contributed by atoms with van der Waals surface area (Å²) in [7, 11) is 0. The van der Waals surface area contributed by atoms with Crippen LogP contribution in [0, 0.1) is 0 Å². The number of ketones is 1. The highest BCUT2D eigenvalue weighted by molar-refractivity contribution is 5.97. The molecule has 2 heteroatoms. The molecule has 0 aromatic heterocycles. The number of carbonyl (C=O) groups is 1. The van der Waals surface area contributed by atoms with Gasteiger partial charge in [-0.05, 0) is 44.1 Å². The van der Waals surface area contributed by atoms with Crippen LogP contribution in [-0.2, 0) is 4.79 Å².